The molecule has 0 heterocycles. The maximum absolute atomic E-state index is 2.48. The molecule has 0 saturated heterocycles. The Labute approximate surface area is 270 Å². The van der Waals surface area contributed by atoms with Gasteiger partial charge in [-0.1, -0.05) is 147 Å². The van der Waals surface area contributed by atoms with Crippen LogP contribution in [-0.4, -0.2) is 0 Å². The number of hydrogen-bond donors (Lipinski definition) is 0. The predicted molar refractivity (Wildman–Crippen MR) is 197 cm³/mol. The average Bonchev–Trinajstić information content (AvgIpc) is 3.36. The number of benzene rings is 8. The van der Waals surface area contributed by atoms with Crippen LogP contribution in [0.3, 0.4) is 0 Å². The first-order valence-corrected chi connectivity index (χ1v) is 16.1. The largest absolute Gasteiger partial charge is 0.310 e. The second-order valence-corrected chi connectivity index (χ2v) is 12.9. The lowest BCUT2D eigenvalue weighted by molar-refractivity contribution is 0.661. The summed E-state index contributed by atoms with van der Waals surface area (Å²) in [6.07, 6.45) is 0. The molecule has 0 radical (unpaired) electrons. The zero-order valence-electron chi connectivity index (χ0n) is 26.0. The van der Waals surface area contributed by atoms with E-state index in [9.17, 15) is 0 Å². The Bertz CT molecular complexity index is 2400. The van der Waals surface area contributed by atoms with E-state index in [-0.39, 0.29) is 5.41 Å². The molecule has 1 aliphatic rings. The zero-order chi connectivity index (χ0) is 30.8. The van der Waals surface area contributed by atoms with Gasteiger partial charge >= 0.3 is 0 Å². The fourth-order valence-corrected chi connectivity index (χ4v) is 7.90. The van der Waals surface area contributed by atoms with Crippen LogP contribution in [-0.2, 0) is 5.41 Å². The Morgan fingerprint density at radius 1 is 0.391 bits per heavy atom. The highest BCUT2D eigenvalue weighted by Crippen LogP contribution is 2.54. The molecule has 0 aliphatic heterocycles. The van der Waals surface area contributed by atoms with Gasteiger partial charge in [0.25, 0.3) is 0 Å². The quantitative estimate of drug-likeness (QED) is 0.185. The molecule has 0 spiro atoms. The Morgan fingerprint density at radius 2 is 0.913 bits per heavy atom. The highest BCUT2D eigenvalue weighted by Gasteiger charge is 2.38. The van der Waals surface area contributed by atoms with Gasteiger partial charge in [0, 0.05) is 16.8 Å². The van der Waals surface area contributed by atoms with Crippen LogP contribution in [0.2, 0.25) is 0 Å². The normalized spacial score (nSPS) is 13.2. The third kappa shape index (κ3) is 3.95. The molecule has 8 aromatic rings. The molecule has 8 aromatic carbocycles. The van der Waals surface area contributed by atoms with Crippen molar-refractivity contribution in [3.63, 3.8) is 0 Å². The molecule has 0 fully saturated rings. The molecule has 1 heteroatoms. The van der Waals surface area contributed by atoms with Crippen molar-refractivity contribution in [2.75, 3.05) is 4.90 Å². The average molecular weight is 588 g/mol. The van der Waals surface area contributed by atoms with Crippen molar-refractivity contribution in [3.8, 4) is 22.3 Å². The molecule has 1 aliphatic carbocycles. The summed E-state index contributed by atoms with van der Waals surface area (Å²) in [5.41, 5.74) is 11.2. The standard InChI is InChI=1S/C45H33N/c1-45(2)42-21-11-10-19-39(42)40-20-12-22-43(44(40)45)46(32-25-23-31(24-26-32)30-13-4-3-5-14-30)33-27-28-38-36-17-7-6-15-34(36)35-16-8-9-18-37(35)41(38)29-33/h3-29H,1-2H3. The predicted octanol–water partition coefficient (Wildman–Crippen LogP) is 12.6. The number of anilines is 3. The van der Waals surface area contributed by atoms with Gasteiger partial charge in [-0.15, -0.1) is 0 Å². The summed E-state index contributed by atoms with van der Waals surface area (Å²) in [6, 6.07) is 60.1. The number of rotatable bonds is 4. The summed E-state index contributed by atoms with van der Waals surface area (Å²) in [7, 11) is 0. The molecule has 0 atom stereocenters. The Balaban J connectivity index is 1.32. The lowest BCUT2D eigenvalue weighted by Crippen LogP contribution is -2.20. The molecular formula is C45H33N. The maximum atomic E-state index is 2.48. The van der Waals surface area contributed by atoms with Crippen LogP contribution in [0.4, 0.5) is 17.1 Å². The molecule has 0 aromatic heterocycles. The van der Waals surface area contributed by atoms with Gasteiger partial charge < -0.3 is 4.90 Å². The van der Waals surface area contributed by atoms with Crippen molar-refractivity contribution in [2.45, 2.75) is 19.3 Å². The molecule has 0 N–H and O–H groups in total. The number of fused-ring (bicyclic) bond motifs is 9. The fourth-order valence-electron chi connectivity index (χ4n) is 7.90. The highest BCUT2D eigenvalue weighted by molar-refractivity contribution is 6.25. The number of nitrogens with zero attached hydrogens (tertiary/aromatic N) is 1. The van der Waals surface area contributed by atoms with Gasteiger partial charge in [0.1, 0.15) is 0 Å². The third-order valence-corrected chi connectivity index (χ3v) is 10.0. The molecule has 46 heavy (non-hydrogen) atoms. The van der Waals surface area contributed by atoms with Crippen molar-refractivity contribution >= 4 is 49.4 Å². The van der Waals surface area contributed by atoms with E-state index in [1.807, 2.05) is 0 Å². The van der Waals surface area contributed by atoms with Crippen LogP contribution < -0.4 is 4.90 Å². The summed E-state index contributed by atoms with van der Waals surface area (Å²) < 4.78 is 0. The van der Waals surface area contributed by atoms with Crippen molar-refractivity contribution in [1.82, 2.24) is 0 Å². The van der Waals surface area contributed by atoms with E-state index in [1.165, 1.54) is 71.4 Å². The van der Waals surface area contributed by atoms with Gasteiger partial charge in [0.2, 0.25) is 0 Å². The van der Waals surface area contributed by atoms with Gasteiger partial charge in [0.05, 0.1) is 5.69 Å². The second kappa shape index (κ2) is 10.2. The Morgan fingerprint density at radius 3 is 1.61 bits per heavy atom. The van der Waals surface area contributed by atoms with Crippen LogP contribution in [0.5, 0.6) is 0 Å². The molecule has 0 saturated carbocycles. The highest BCUT2D eigenvalue weighted by atomic mass is 15.1. The molecule has 0 unspecified atom stereocenters. The summed E-state index contributed by atoms with van der Waals surface area (Å²) in [6.45, 7) is 4.75. The fraction of sp³-hybridized carbons (Fsp3) is 0.0667. The first-order chi connectivity index (χ1) is 22.6. The van der Waals surface area contributed by atoms with Crippen LogP contribution in [0.15, 0.2) is 164 Å². The molecule has 0 bridgehead atoms. The summed E-state index contributed by atoms with van der Waals surface area (Å²) in [4.78, 5) is 2.48. The Kier molecular flexibility index (Phi) is 5.92. The van der Waals surface area contributed by atoms with E-state index in [4.69, 9.17) is 0 Å². The third-order valence-electron chi connectivity index (χ3n) is 10.0. The minimum Gasteiger partial charge on any atom is -0.310 e. The topological polar surface area (TPSA) is 3.24 Å². The molecule has 9 rings (SSSR count). The molecule has 0 amide bonds. The minimum atomic E-state index is -0.148. The van der Waals surface area contributed by atoms with E-state index >= 15 is 0 Å². The van der Waals surface area contributed by atoms with Gasteiger partial charge in [-0.25, -0.2) is 0 Å². The van der Waals surface area contributed by atoms with Crippen LogP contribution in [0.25, 0.3) is 54.6 Å². The van der Waals surface area contributed by atoms with Gasteiger partial charge in [-0.05, 0) is 96.0 Å². The van der Waals surface area contributed by atoms with Crippen LogP contribution >= 0.6 is 0 Å². The second-order valence-electron chi connectivity index (χ2n) is 12.9. The van der Waals surface area contributed by atoms with E-state index in [1.54, 1.807) is 0 Å². The number of hydrogen-bond acceptors (Lipinski definition) is 1. The Hall–Kier alpha value is -5.66. The van der Waals surface area contributed by atoms with Gasteiger partial charge in [-0.2, -0.15) is 0 Å². The van der Waals surface area contributed by atoms with E-state index in [2.05, 4.69) is 183 Å². The summed E-state index contributed by atoms with van der Waals surface area (Å²) >= 11 is 0. The van der Waals surface area contributed by atoms with Crippen molar-refractivity contribution in [2.24, 2.45) is 0 Å². The molecular weight excluding hydrogens is 555 g/mol. The van der Waals surface area contributed by atoms with Crippen LogP contribution in [0, 0.1) is 0 Å². The van der Waals surface area contributed by atoms with Crippen molar-refractivity contribution in [1.29, 1.82) is 0 Å². The van der Waals surface area contributed by atoms with Gasteiger partial charge in [-0.3, -0.25) is 0 Å². The SMILES string of the molecule is CC1(C)c2ccccc2-c2cccc(N(c3ccc(-c4ccccc4)cc3)c3ccc4c5ccccc5c5ccccc5c4c3)c21. The summed E-state index contributed by atoms with van der Waals surface area (Å²) in [5, 5.41) is 7.71. The van der Waals surface area contributed by atoms with E-state index < -0.39 is 0 Å². The van der Waals surface area contributed by atoms with Crippen molar-refractivity contribution < 1.29 is 0 Å². The molecule has 218 valence electrons. The van der Waals surface area contributed by atoms with Crippen LogP contribution in [0.1, 0.15) is 25.0 Å². The molecule has 1 nitrogen and oxygen atoms in total. The first kappa shape index (κ1) is 26.7. The van der Waals surface area contributed by atoms with Gasteiger partial charge in [0.15, 0.2) is 0 Å². The van der Waals surface area contributed by atoms with E-state index in [0.29, 0.717) is 0 Å². The lowest BCUT2D eigenvalue weighted by Gasteiger charge is -2.32. The summed E-state index contributed by atoms with van der Waals surface area (Å²) in [5.74, 6) is 0. The zero-order valence-corrected chi connectivity index (χ0v) is 26.0. The minimum absolute atomic E-state index is 0.148. The van der Waals surface area contributed by atoms with Crippen molar-refractivity contribution in [3.05, 3.63) is 175 Å². The lowest BCUT2D eigenvalue weighted by atomic mass is 9.81. The smallest absolute Gasteiger partial charge is 0.0508 e. The monoisotopic (exact) mass is 587 g/mol. The maximum Gasteiger partial charge on any atom is 0.0508 e. The van der Waals surface area contributed by atoms with E-state index in [0.717, 1.165) is 11.4 Å². The first-order valence-electron chi connectivity index (χ1n) is 16.1.